The number of nitrogens with zero attached hydrogens (tertiary/aromatic N) is 1. The number of sulfonamides is 1. The third-order valence-electron chi connectivity index (χ3n) is 4.16. The number of carbonyl (C=O) groups excluding carboxylic acids is 2. The van der Waals surface area contributed by atoms with Gasteiger partial charge in [0.25, 0.3) is 5.91 Å². The number of rotatable bonds is 6. The van der Waals surface area contributed by atoms with E-state index in [0.29, 0.717) is 5.58 Å². The Labute approximate surface area is 168 Å². The quantitative estimate of drug-likeness (QED) is 0.620. The molecule has 3 aromatic rings. The van der Waals surface area contributed by atoms with E-state index in [2.05, 4.69) is 5.32 Å². The van der Waals surface area contributed by atoms with Crippen LogP contribution in [-0.2, 0) is 19.6 Å². The number of hydrogen-bond donors (Lipinski definition) is 1. The molecule has 3 rings (SSSR count). The maximum atomic E-state index is 12.4. The smallest absolute Gasteiger partial charge is 0.375 e. The Hall–Kier alpha value is -3.17. The lowest BCUT2D eigenvalue weighted by Gasteiger charge is -2.15. The Bertz CT molecular complexity index is 1130. The average molecular weight is 416 g/mol. The number of ether oxygens (including phenoxy) is 1. The molecule has 0 aliphatic rings. The van der Waals surface area contributed by atoms with Gasteiger partial charge in [-0.3, -0.25) is 4.79 Å². The number of benzene rings is 2. The van der Waals surface area contributed by atoms with E-state index in [1.54, 1.807) is 24.3 Å². The molecule has 1 heterocycles. The summed E-state index contributed by atoms with van der Waals surface area (Å²) in [6.45, 7) is 1.41. The van der Waals surface area contributed by atoms with E-state index in [4.69, 9.17) is 9.15 Å². The first kappa shape index (κ1) is 20.6. The van der Waals surface area contributed by atoms with Crippen molar-refractivity contribution in [3.63, 3.8) is 0 Å². The molecule has 1 aromatic heterocycles. The summed E-state index contributed by atoms with van der Waals surface area (Å²) >= 11 is 0. The molecule has 0 bridgehead atoms. The van der Waals surface area contributed by atoms with E-state index >= 15 is 0 Å². The molecular formula is C20H20N2O6S. The van der Waals surface area contributed by atoms with Crippen LogP contribution in [0.2, 0.25) is 0 Å². The molecule has 9 heteroatoms. The summed E-state index contributed by atoms with van der Waals surface area (Å²) in [7, 11) is -0.805. The van der Waals surface area contributed by atoms with Crippen molar-refractivity contribution in [2.45, 2.75) is 17.9 Å². The molecule has 1 atom stereocenters. The minimum Gasteiger partial charge on any atom is -0.449 e. The molecular weight excluding hydrogens is 396 g/mol. The molecule has 29 heavy (non-hydrogen) atoms. The molecule has 2 aromatic carbocycles. The third-order valence-corrected chi connectivity index (χ3v) is 5.97. The normalized spacial score (nSPS) is 12.7. The Morgan fingerprint density at radius 3 is 2.48 bits per heavy atom. The van der Waals surface area contributed by atoms with Crippen LogP contribution in [0.5, 0.6) is 0 Å². The van der Waals surface area contributed by atoms with Gasteiger partial charge in [-0.25, -0.2) is 17.5 Å². The zero-order valence-electron chi connectivity index (χ0n) is 16.1. The van der Waals surface area contributed by atoms with Gasteiger partial charge in [0.05, 0.1) is 4.90 Å². The first-order chi connectivity index (χ1) is 13.7. The molecule has 1 N–H and O–H groups in total. The van der Waals surface area contributed by atoms with Gasteiger partial charge in [-0.1, -0.05) is 24.3 Å². The number of amides is 1. The Balaban J connectivity index is 1.68. The first-order valence-corrected chi connectivity index (χ1v) is 10.2. The summed E-state index contributed by atoms with van der Waals surface area (Å²) in [5, 5.41) is 3.29. The number of fused-ring (bicyclic) bond motifs is 1. The second-order valence-electron chi connectivity index (χ2n) is 6.50. The Morgan fingerprint density at radius 2 is 1.79 bits per heavy atom. The van der Waals surface area contributed by atoms with Gasteiger partial charge in [-0.2, -0.15) is 0 Å². The number of nitrogens with one attached hydrogen (secondary N) is 1. The molecule has 0 unspecified atom stereocenters. The standard InChI is InChI=1S/C20H20N2O6S/c1-13(27-20(24)18-11-14-7-4-5-10-17(14)28-18)19(23)21-15-8-6-9-16(12-15)29(25,26)22(2)3/h4-13H,1-3H3,(H,21,23)/t13-/m1/s1. The minimum absolute atomic E-state index is 0.00933. The number of esters is 1. The highest BCUT2D eigenvalue weighted by atomic mass is 32.2. The van der Waals surface area contributed by atoms with Gasteiger partial charge >= 0.3 is 5.97 Å². The molecule has 0 radical (unpaired) electrons. The number of para-hydroxylation sites is 1. The van der Waals surface area contributed by atoms with Gasteiger partial charge in [0, 0.05) is 25.2 Å². The van der Waals surface area contributed by atoms with Crippen LogP contribution in [0.3, 0.4) is 0 Å². The van der Waals surface area contributed by atoms with E-state index < -0.39 is 28.0 Å². The van der Waals surface area contributed by atoms with Crippen LogP contribution in [0.25, 0.3) is 11.0 Å². The SMILES string of the molecule is C[C@@H](OC(=O)c1cc2ccccc2o1)C(=O)Nc1cccc(S(=O)(=O)N(C)C)c1. The zero-order valence-corrected chi connectivity index (χ0v) is 16.9. The summed E-state index contributed by atoms with van der Waals surface area (Å²) in [6.07, 6.45) is -1.12. The maximum absolute atomic E-state index is 12.4. The van der Waals surface area contributed by atoms with E-state index in [-0.39, 0.29) is 16.3 Å². The van der Waals surface area contributed by atoms with Gasteiger partial charge in [-0.05, 0) is 37.3 Å². The van der Waals surface area contributed by atoms with Crippen molar-refractivity contribution < 1.29 is 27.2 Å². The third kappa shape index (κ3) is 4.47. The molecule has 0 fully saturated rings. The highest BCUT2D eigenvalue weighted by Crippen LogP contribution is 2.21. The molecule has 0 saturated carbocycles. The van der Waals surface area contributed by atoms with E-state index in [1.807, 2.05) is 6.07 Å². The van der Waals surface area contributed by atoms with E-state index in [0.717, 1.165) is 9.69 Å². The second kappa shape index (κ2) is 8.06. The predicted octanol–water partition coefficient (Wildman–Crippen LogP) is 2.87. The highest BCUT2D eigenvalue weighted by molar-refractivity contribution is 7.89. The number of hydrogen-bond acceptors (Lipinski definition) is 6. The van der Waals surface area contributed by atoms with Crippen LogP contribution in [0, 0.1) is 0 Å². The molecule has 0 saturated heterocycles. The van der Waals surface area contributed by atoms with Gasteiger partial charge in [0.15, 0.2) is 6.10 Å². The van der Waals surface area contributed by atoms with E-state index in [1.165, 1.54) is 45.3 Å². The second-order valence-corrected chi connectivity index (χ2v) is 8.65. The molecule has 152 valence electrons. The summed E-state index contributed by atoms with van der Waals surface area (Å²) in [5.74, 6) is -1.38. The van der Waals surface area contributed by atoms with Crippen molar-refractivity contribution in [1.82, 2.24) is 4.31 Å². The lowest BCUT2D eigenvalue weighted by Crippen LogP contribution is -2.30. The molecule has 0 aliphatic carbocycles. The minimum atomic E-state index is -3.64. The average Bonchev–Trinajstić information content (AvgIpc) is 3.12. The number of anilines is 1. The van der Waals surface area contributed by atoms with Crippen molar-refractivity contribution >= 4 is 38.6 Å². The van der Waals surface area contributed by atoms with Crippen molar-refractivity contribution in [3.8, 4) is 0 Å². The molecule has 8 nitrogen and oxygen atoms in total. The van der Waals surface area contributed by atoms with Crippen LogP contribution in [0.4, 0.5) is 5.69 Å². The lowest BCUT2D eigenvalue weighted by atomic mass is 10.2. The topological polar surface area (TPSA) is 106 Å². The molecule has 1 amide bonds. The van der Waals surface area contributed by atoms with Crippen molar-refractivity contribution in [2.75, 3.05) is 19.4 Å². The largest absolute Gasteiger partial charge is 0.449 e. The van der Waals surface area contributed by atoms with Crippen molar-refractivity contribution in [1.29, 1.82) is 0 Å². The Kier molecular flexibility index (Phi) is 5.71. The van der Waals surface area contributed by atoms with Crippen LogP contribution in [-0.4, -0.2) is 44.8 Å². The van der Waals surface area contributed by atoms with Crippen molar-refractivity contribution in [2.24, 2.45) is 0 Å². The van der Waals surface area contributed by atoms with Crippen LogP contribution < -0.4 is 5.32 Å². The van der Waals surface area contributed by atoms with Crippen LogP contribution in [0.1, 0.15) is 17.5 Å². The van der Waals surface area contributed by atoms with Gasteiger partial charge in [0.2, 0.25) is 15.8 Å². The van der Waals surface area contributed by atoms with Crippen LogP contribution in [0.15, 0.2) is 63.9 Å². The van der Waals surface area contributed by atoms with Gasteiger partial charge in [-0.15, -0.1) is 0 Å². The monoisotopic (exact) mass is 416 g/mol. The fourth-order valence-corrected chi connectivity index (χ4v) is 3.49. The zero-order chi connectivity index (χ0) is 21.2. The summed E-state index contributed by atoms with van der Waals surface area (Å²) in [5.41, 5.74) is 0.806. The number of furan rings is 1. The van der Waals surface area contributed by atoms with E-state index in [9.17, 15) is 18.0 Å². The van der Waals surface area contributed by atoms with Gasteiger partial charge < -0.3 is 14.5 Å². The molecule has 0 aliphatic heterocycles. The van der Waals surface area contributed by atoms with Crippen LogP contribution >= 0.6 is 0 Å². The number of carbonyl (C=O) groups is 2. The summed E-state index contributed by atoms with van der Waals surface area (Å²) in [4.78, 5) is 24.7. The maximum Gasteiger partial charge on any atom is 0.375 e. The van der Waals surface area contributed by atoms with Crippen molar-refractivity contribution in [3.05, 3.63) is 60.4 Å². The summed E-state index contributed by atoms with van der Waals surface area (Å²) in [6, 6.07) is 14.5. The fraction of sp³-hybridized carbons (Fsp3) is 0.200. The highest BCUT2D eigenvalue weighted by Gasteiger charge is 2.23. The van der Waals surface area contributed by atoms with Gasteiger partial charge in [0.1, 0.15) is 5.58 Å². The predicted molar refractivity (Wildman–Crippen MR) is 107 cm³/mol. The first-order valence-electron chi connectivity index (χ1n) is 8.71. The lowest BCUT2D eigenvalue weighted by molar-refractivity contribution is -0.123. The summed E-state index contributed by atoms with van der Waals surface area (Å²) < 4.78 is 36.1. The Morgan fingerprint density at radius 1 is 1.07 bits per heavy atom. The molecule has 0 spiro atoms. The fourth-order valence-electron chi connectivity index (χ4n) is 2.54.